The van der Waals surface area contributed by atoms with Crippen LogP contribution in [0.15, 0.2) is 18.2 Å². The molecule has 16 heavy (non-hydrogen) atoms. The average Bonchev–Trinajstić information content (AvgIpc) is 2.16. The predicted molar refractivity (Wildman–Crippen MR) is 57.9 cm³/mol. The predicted octanol–water partition coefficient (Wildman–Crippen LogP) is 1.47. The molecule has 0 aliphatic heterocycles. The van der Waals surface area contributed by atoms with E-state index >= 15 is 0 Å². The van der Waals surface area contributed by atoms with Crippen molar-refractivity contribution in [2.75, 3.05) is 6.61 Å². The van der Waals surface area contributed by atoms with Crippen molar-refractivity contribution in [3.05, 3.63) is 33.9 Å². The van der Waals surface area contributed by atoms with E-state index in [1.54, 1.807) is 6.07 Å². The summed E-state index contributed by atoms with van der Waals surface area (Å²) in [7, 11) is 0. The molecule has 0 saturated carbocycles. The molecule has 0 fully saturated rings. The molecule has 0 heterocycles. The highest BCUT2D eigenvalue weighted by Crippen LogP contribution is 2.32. The second-order valence-electron chi connectivity index (χ2n) is 4.16. The molecule has 1 aromatic carbocycles. The Kier molecular flexibility index (Phi) is 3.46. The van der Waals surface area contributed by atoms with Crippen LogP contribution >= 0.6 is 0 Å². The topological polar surface area (TPSA) is 98.6 Å². The number of hydrogen-bond donors (Lipinski definition) is 2. The molecule has 0 radical (unpaired) electrons. The highest BCUT2D eigenvalue weighted by Gasteiger charge is 2.24. The Labute approximate surface area is 92.7 Å². The number of phenolic OH excluding ortho intramolecular Hbond substituents is 1. The van der Waals surface area contributed by atoms with Crippen LogP contribution in [0.25, 0.3) is 0 Å². The smallest absolute Gasteiger partial charge is 0.310 e. The summed E-state index contributed by atoms with van der Waals surface area (Å²) in [6.07, 6.45) is 0. The van der Waals surface area contributed by atoms with Gasteiger partial charge in [-0.2, -0.15) is 0 Å². The summed E-state index contributed by atoms with van der Waals surface area (Å²) in [5.41, 5.74) is -0.00396. The molecule has 0 aliphatic carbocycles. The zero-order chi connectivity index (χ0) is 12.3. The lowest BCUT2D eigenvalue weighted by molar-refractivity contribution is -0.385. The van der Waals surface area contributed by atoms with Crippen molar-refractivity contribution in [3.63, 3.8) is 0 Å². The molecule has 0 atom stereocenters. The van der Waals surface area contributed by atoms with E-state index < -0.39 is 10.3 Å². The summed E-state index contributed by atoms with van der Waals surface area (Å²) in [5.74, 6) is 4.64. The molecule has 88 valence electrons. The number of nitrogens with zero attached hydrogens (tertiary/aromatic N) is 1. The van der Waals surface area contributed by atoms with Gasteiger partial charge >= 0.3 is 5.69 Å². The van der Waals surface area contributed by atoms with Gasteiger partial charge in [-0.15, -0.1) is 0 Å². The highest BCUT2D eigenvalue weighted by molar-refractivity contribution is 5.48. The number of benzene rings is 1. The molecule has 1 rings (SSSR count). The number of rotatable bonds is 4. The fourth-order valence-corrected chi connectivity index (χ4v) is 1.39. The zero-order valence-electron chi connectivity index (χ0n) is 9.14. The van der Waals surface area contributed by atoms with Gasteiger partial charge in [0.05, 0.1) is 11.5 Å². The lowest BCUT2D eigenvalue weighted by Gasteiger charge is -2.23. The second kappa shape index (κ2) is 4.46. The van der Waals surface area contributed by atoms with Crippen LogP contribution in [0.3, 0.4) is 0 Å². The summed E-state index contributed by atoms with van der Waals surface area (Å²) in [5, 5.41) is 20.0. The molecule has 0 aromatic heterocycles. The molecule has 0 unspecified atom stereocenters. The Morgan fingerprint density at radius 3 is 2.62 bits per heavy atom. The minimum absolute atomic E-state index is 0.254. The van der Waals surface area contributed by atoms with E-state index in [4.69, 9.17) is 5.90 Å². The molecule has 0 bridgehead atoms. The number of nitro groups is 1. The first-order valence-corrected chi connectivity index (χ1v) is 4.68. The Bertz CT molecular complexity index is 404. The van der Waals surface area contributed by atoms with Gasteiger partial charge in [0, 0.05) is 11.5 Å². The number of nitrogens with two attached hydrogens (primary N) is 1. The van der Waals surface area contributed by atoms with Crippen LogP contribution in [0.5, 0.6) is 5.75 Å². The number of nitro benzene ring substituents is 1. The van der Waals surface area contributed by atoms with Crippen molar-refractivity contribution in [2.45, 2.75) is 19.3 Å². The van der Waals surface area contributed by atoms with Gasteiger partial charge in [-0.1, -0.05) is 19.9 Å². The summed E-state index contributed by atoms with van der Waals surface area (Å²) in [6.45, 7) is 3.98. The number of hydrogen-bond acceptors (Lipinski definition) is 5. The lowest BCUT2D eigenvalue weighted by Crippen LogP contribution is -2.26. The standard InChI is InChI=1S/C10H14N2O4/c1-10(2,6-16-11)7-3-4-8(12(14)15)9(13)5-7/h3-5,13H,6,11H2,1-2H3. The second-order valence-corrected chi connectivity index (χ2v) is 4.16. The van der Waals surface area contributed by atoms with Gasteiger partial charge in [-0.05, 0) is 11.6 Å². The van der Waals surface area contributed by atoms with Crippen LogP contribution in [0, 0.1) is 10.1 Å². The van der Waals surface area contributed by atoms with Gasteiger partial charge in [0.15, 0.2) is 5.75 Å². The van der Waals surface area contributed by atoms with Gasteiger partial charge < -0.3 is 9.94 Å². The first-order chi connectivity index (χ1) is 7.38. The van der Waals surface area contributed by atoms with Gasteiger partial charge in [-0.3, -0.25) is 10.1 Å². The Balaban J connectivity index is 3.10. The van der Waals surface area contributed by atoms with Crippen LogP contribution in [-0.4, -0.2) is 16.6 Å². The quantitative estimate of drug-likeness (QED) is 0.598. The molecule has 0 spiro atoms. The molecule has 3 N–H and O–H groups in total. The first kappa shape index (κ1) is 12.4. The molecule has 1 aromatic rings. The summed E-state index contributed by atoms with van der Waals surface area (Å²) in [6, 6.07) is 4.21. The summed E-state index contributed by atoms with van der Waals surface area (Å²) >= 11 is 0. The maximum atomic E-state index is 10.5. The molecule has 6 heteroatoms. The Morgan fingerprint density at radius 1 is 1.56 bits per heavy atom. The normalized spacial score (nSPS) is 11.4. The third-order valence-electron chi connectivity index (χ3n) is 2.40. The molecular formula is C10H14N2O4. The van der Waals surface area contributed by atoms with Crippen LogP contribution in [0.4, 0.5) is 5.69 Å². The van der Waals surface area contributed by atoms with Crippen LogP contribution < -0.4 is 5.90 Å². The van der Waals surface area contributed by atoms with Crippen molar-refractivity contribution in [1.82, 2.24) is 0 Å². The van der Waals surface area contributed by atoms with Gasteiger partial charge in [0.2, 0.25) is 0 Å². The SMILES string of the molecule is CC(C)(CON)c1ccc([N+](=O)[O-])c(O)c1. The van der Waals surface area contributed by atoms with E-state index in [2.05, 4.69) is 4.84 Å². The average molecular weight is 226 g/mol. The van der Waals surface area contributed by atoms with Crippen molar-refractivity contribution in [1.29, 1.82) is 0 Å². The Morgan fingerprint density at radius 2 is 2.19 bits per heavy atom. The van der Waals surface area contributed by atoms with Crippen LogP contribution in [0.2, 0.25) is 0 Å². The molecule has 0 saturated heterocycles. The van der Waals surface area contributed by atoms with E-state index in [-0.39, 0.29) is 18.0 Å². The van der Waals surface area contributed by atoms with Crippen molar-refractivity contribution < 1.29 is 14.9 Å². The van der Waals surface area contributed by atoms with Gasteiger partial charge in [0.1, 0.15) is 0 Å². The molecular weight excluding hydrogens is 212 g/mol. The minimum Gasteiger partial charge on any atom is -0.502 e. The van der Waals surface area contributed by atoms with Crippen LogP contribution in [0.1, 0.15) is 19.4 Å². The minimum atomic E-state index is -0.633. The Hall–Kier alpha value is -1.66. The van der Waals surface area contributed by atoms with Gasteiger partial charge in [-0.25, -0.2) is 5.90 Å². The fraction of sp³-hybridized carbons (Fsp3) is 0.400. The zero-order valence-corrected chi connectivity index (χ0v) is 9.14. The molecule has 0 amide bonds. The van der Waals surface area contributed by atoms with Crippen molar-refractivity contribution in [2.24, 2.45) is 5.90 Å². The third-order valence-corrected chi connectivity index (χ3v) is 2.40. The first-order valence-electron chi connectivity index (χ1n) is 4.68. The van der Waals surface area contributed by atoms with E-state index in [0.29, 0.717) is 0 Å². The molecule has 6 nitrogen and oxygen atoms in total. The van der Waals surface area contributed by atoms with Crippen molar-refractivity contribution in [3.8, 4) is 5.75 Å². The highest BCUT2D eigenvalue weighted by atomic mass is 16.6. The molecule has 0 aliphatic rings. The monoisotopic (exact) mass is 226 g/mol. The van der Waals surface area contributed by atoms with Crippen molar-refractivity contribution >= 4 is 5.69 Å². The van der Waals surface area contributed by atoms with E-state index in [0.717, 1.165) is 5.56 Å². The van der Waals surface area contributed by atoms with Gasteiger partial charge in [0.25, 0.3) is 0 Å². The maximum Gasteiger partial charge on any atom is 0.310 e. The van der Waals surface area contributed by atoms with E-state index in [9.17, 15) is 15.2 Å². The fourth-order valence-electron chi connectivity index (χ4n) is 1.39. The third kappa shape index (κ3) is 2.47. The number of phenols is 1. The largest absolute Gasteiger partial charge is 0.502 e. The lowest BCUT2D eigenvalue weighted by atomic mass is 9.85. The summed E-state index contributed by atoms with van der Waals surface area (Å²) in [4.78, 5) is 14.4. The van der Waals surface area contributed by atoms with E-state index in [1.807, 2.05) is 13.8 Å². The summed E-state index contributed by atoms with van der Waals surface area (Å²) < 4.78 is 0. The van der Waals surface area contributed by atoms with E-state index in [1.165, 1.54) is 12.1 Å². The van der Waals surface area contributed by atoms with Crippen LogP contribution in [-0.2, 0) is 10.3 Å². The maximum absolute atomic E-state index is 10.5. The number of aromatic hydroxyl groups is 1.